The highest BCUT2D eigenvalue weighted by molar-refractivity contribution is 9.10. The summed E-state index contributed by atoms with van der Waals surface area (Å²) >= 11 is 8.35. The van der Waals surface area contributed by atoms with E-state index in [0.717, 1.165) is 21.5 Å². The van der Waals surface area contributed by atoms with E-state index >= 15 is 0 Å². The fourth-order valence-corrected chi connectivity index (χ4v) is 1.90. The zero-order valence-corrected chi connectivity index (χ0v) is 11.8. The maximum Gasteiger partial charge on any atom is 0.122 e. The summed E-state index contributed by atoms with van der Waals surface area (Å²) in [5, 5.41) is 4.42. The third kappa shape index (κ3) is 2.23. The lowest BCUT2D eigenvalue weighted by atomic mass is 10.3. The molecule has 0 radical (unpaired) electrons. The van der Waals surface area contributed by atoms with E-state index in [-0.39, 0.29) is 0 Å². The van der Waals surface area contributed by atoms with Gasteiger partial charge < -0.3 is 5.73 Å². The summed E-state index contributed by atoms with van der Waals surface area (Å²) in [4.78, 5) is 4.49. The van der Waals surface area contributed by atoms with Crippen molar-refractivity contribution in [3.8, 4) is 5.69 Å². The molecule has 2 rings (SSSR count). The second-order valence-electron chi connectivity index (χ2n) is 3.66. The van der Waals surface area contributed by atoms with Gasteiger partial charge in [0.15, 0.2) is 0 Å². The average molecular weight is 311 g/mol. The molecule has 17 heavy (non-hydrogen) atoms. The van der Waals surface area contributed by atoms with Crippen LogP contribution in [0, 0.1) is 13.8 Å². The fourth-order valence-electron chi connectivity index (χ4n) is 1.53. The number of aryl methyl sites for hydroxylation is 1. The van der Waals surface area contributed by atoms with Gasteiger partial charge in [-0.05, 0) is 41.9 Å². The molecule has 0 aliphatic heterocycles. The van der Waals surface area contributed by atoms with Gasteiger partial charge in [0.25, 0.3) is 0 Å². The van der Waals surface area contributed by atoms with E-state index in [1.54, 1.807) is 12.3 Å². The van der Waals surface area contributed by atoms with Gasteiger partial charge in [0.1, 0.15) is 4.99 Å². The zero-order chi connectivity index (χ0) is 12.6. The highest BCUT2D eigenvalue weighted by Crippen LogP contribution is 2.22. The third-order valence-corrected chi connectivity index (χ3v) is 3.80. The zero-order valence-electron chi connectivity index (χ0n) is 9.44. The minimum atomic E-state index is 0.297. The van der Waals surface area contributed by atoms with Crippen LogP contribution < -0.4 is 5.73 Å². The summed E-state index contributed by atoms with van der Waals surface area (Å²) in [5.74, 6) is 0. The van der Waals surface area contributed by atoms with Crippen LogP contribution in [-0.2, 0) is 0 Å². The van der Waals surface area contributed by atoms with Crippen molar-refractivity contribution >= 4 is 33.1 Å². The van der Waals surface area contributed by atoms with Crippen LogP contribution in [-0.4, -0.2) is 19.8 Å². The van der Waals surface area contributed by atoms with E-state index in [9.17, 15) is 0 Å². The van der Waals surface area contributed by atoms with Crippen LogP contribution in [0.2, 0.25) is 0 Å². The Bertz CT molecular complexity index is 574. The number of nitrogens with zero attached hydrogens (tertiary/aromatic N) is 3. The molecule has 0 aromatic carbocycles. The lowest BCUT2D eigenvalue weighted by molar-refractivity contribution is 0.828. The Kier molecular flexibility index (Phi) is 3.26. The summed E-state index contributed by atoms with van der Waals surface area (Å²) in [7, 11) is 0. The molecule has 88 valence electrons. The molecular formula is C11H11BrN4S. The van der Waals surface area contributed by atoms with E-state index in [1.165, 1.54) is 0 Å². The molecule has 0 aliphatic carbocycles. The summed E-state index contributed by atoms with van der Waals surface area (Å²) in [5.41, 5.74) is 8.98. The Balaban J connectivity index is 2.47. The number of thiocarbonyl (C=S) groups is 1. The number of hydrogen-bond acceptors (Lipinski definition) is 3. The quantitative estimate of drug-likeness (QED) is 0.865. The normalized spacial score (nSPS) is 10.5. The summed E-state index contributed by atoms with van der Waals surface area (Å²) in [6.07, 6.45) is 1.71. The van der Waals surface area contributed by atoms with Crippen molar-refractivity contribution in [3.63, 3.8) is 0 Å². The lowest BCUT2D eigenvalue weighted by Crippen LogP contribution is -2.11. The molecule has 2 heterocycles. The van der Waals surface area contributed by atoms with Crippen molar-refractivity contribution in [2.75, 3.05) is 0 Å². The van der Waals surface area contributed by atoms with Crippen molar-refractivity contribution in [2.45, 2.75) is 13.8 Å². The van der Waals surface area contributed by atoms with Gasteiger partial charge in [0, 0.05) is 0 Å². The lowest BCUT2D eigenvalue weighted by Gasteiger charge is -2.04. The number of rotatable bonds is 2. The predicted molar refractivity (Wildman–Crippen MR) is 74.4 cm³/mol. The van der Waals surface area contributed by atoms with Crippen LogP contribution in [0.25, 0.3) is 5.69 Å². The maximum atomic E-state index is 5.50. The van der Waals surface area contributed by atoms with E-state index in [0.29, 0.717) is 10.7 Å². The van der Waals surface area contributed by atoms with Gasteiger partial charge in [0.05, 0.1) is 33.4 Å². The summed E-state index contributed by atoms with van der Waals surface area (Å²) < 4.78 is 2.84. The molecule has 0 bridgehead atoms. The predicted octanol–water partition coefficient (Wildman–Crippen LogP) is 2.28. The van der Waals surface area contributed by atoms with Gasteiger partial charge in [0.2, 0.25) is 0 Å². The summed E-state index contributed by atoms with van der Waals surface area (Å²) in [6, 6.07) is 3.69. The SMILES string of the molecule is Cc1nn(-c2ccc(C(N)=S)nc2)c(C)c1Br. The monoisotopic (exact) mass is 310 g/mol. The molecule has 0 saturated heterocycles. The van der Waals surface area contributed by atoms with Gasteiger partial charge >= 0.3 is 0 Å². The molecule has 0 atom stereocenters. The van der Waals surface area contributed by atoms with Crippen LogP contribution in [0.15, 0.2) is 22.8 Å². The van der Waals surface area contributed by atoms with Gasteiger partial charge in [-0.25, -0.2) is 4.68 Å². The first kappa shape index (κ1) is 12.2. The Morgan fingerprint density at radius 3 is 2.53 bits per heavy atom. The Morgan fingerprint density at radius 1 is 1.41 bits per heavy atom. The number of halogens is 1. The Morgan fingerprint density at radius 2 is 2.12 bits per heavy atom. The van der Waals surface area contributed by atoms with Crippen molar-refractivity contribution in [3.05, 3.63) is 39.9 Å². The number of hydrogen-bond donors (Lipinski definition) is 1. The van der Waals surface area contributed by atoms with E-state index in [4.69, 9.17) is 18.0 Å². The minimum absolute atomic E-state index is 0.297. The molecule has 6 heteroatoms. The first-order valence-electron chi connectivity index (χ1n) is 4.98. The largest absolute Gasteiger partial charge is 0.388 e. The first-order valence-corrected chi connectivity index (χ1v) is 6.19. The first-order chi connectivity index (χ1) is 8.00. The van der Waals surface area contributed by atoms with Crippen LogP contribution >= 0.6 is 28.1 Å². The van der Waals surface area contributed by atoms with Gasteiger partial charge in [-0.15, -0.1) is 0 Å². The number of nitrogens with two attached hydrogens (primary N) is 1. The van der Waals surface area contributed by atoms with Gasteiger partial charge in [-0.1, -0.05) is 12.2 Å². The highest BCUT2D eigenvalue weighted by atomic mass is 79.9. The molecule has 2 aromatic rings. The molecule has 0 unspecified atom stereocenters. The topological polar surface area (TPSA) is 56.7 Å². The number of aromatic nitrogens is 3. The van der Waals surface area contributed by atoms with Crippen LogP contribution in [0.3, 0.4) is 0 Å². The van der Waals surface area contributed by atoms with Crippen molar-refractivity contribution in [2.24, 2.45) is 5.73 Å². The van der Waals surface area contributed by atoms with E-state index in [1.807, 2.05) is 24.6 Å². The Labute approximate surface area is 113 Å². The molecule has 0 saturated carbocycles. The average Bonchev–Trinajstić information content (AvgIpc) is 2.57. The van der Waals surface area contributed by atoms with Gasteiger partial charge in [-0.2, -0.15) is 5.10 Å². The second kappa shape index (κ2) is 4.54. The van der Waals surface area contributed by atoms with Gasteiger partial charge in [-0.3, -0.25) is 4.98 Å². The highest BCUT2D eigenvalue weighted by Gasteiger charge is 2.10. The molecule has 0 fully saturated rings. The molecule has 2 N–H and O–H groups in total. The second-order valence-corrected chi connectivity index (χ2v) is 4.90. The van der Waals surface area contributed by atoms with Crippen LogP contribution in [0.4, 0.5) is 0 Å². The van der Waals surface area contributed by atoms with E-state index in [2.05, 4.69) is 26.0 Å². The Hall–Kier alpha value is -1.27. The minimum Gasteiger partial charge on any atom is -0.388 e. The molecule has 0 spiro atoms. The third-order valence-electron chi connectivity index (χ3n) is 2.45. The van der Waals surface area contributed by atoms with Crippen molar-refractivity contribution in [1.29, 1.82) is 0 Å². The molecular weight excluding hydrogens is 300 g/mol. The fraction of sp³-hybridized carbons (Fsp3) is 0.182. The standard InChI is InChI=1S/C11H11BrN4S/c1-6-10(12)7(2)16(15-6)8-3-4-9(11(13)17)14-5-8/h3-5H,1-2H3,(H2,13,17). The number of pyridine rings is 1. The molecule has 0 amide bonds. The molecule has 2 aromatic heterocycles. The van der Waals surface area contributed by atoms with Crippen LogP contribution in [0.5, 0.6) is 0 Å². The molecule has 0 aliphatic rings. The van der Waals surface area contributed by atoms with Crippen molar-refractivity contribution < 1.29 is 0 Å². The molecule has 4 nitrogen and oxygen atoms in total. The smallest absolute Gasteiger partial charge is 0.122 e. The maximum absolute atomic E-state index is 5.50. The van der Waals surface area contributed by atoms with E-state index < -0.39 is 0 Å². The van der Waals surface area contributed by atoms with Crippen LogP contribution in [0.1, 0.15) is 17.1 Å². The van der Waals surface area contributed by atoms with Crippen molar-refractivity contribution in [1.82, 2.24) is 14.8 Å². The summed E-state index contributed by atoms with van der Waals surface area (Å²) in [6.45, 7) is 3.94.